The molecule has 0 aliphatic carbocycles. The lowest BCUT2D eigenvalue weighted by Gasteiger charge is -2.10. The van der Waals surface area contributed by atoms with E-state index in [2.05, 4.69) is 36.4 Å². The second kappa shape index (κ2) is 7.36. The Morgan fingerprint density at radius 3 is 2.70 bits per heavy atom. The molecule has 0 spiro atoms. The molecule has 0 atom stereocenters. The number of fused-ring (bicyclic) bond motifs is 1. The maximum absolute atomic E-state index is 5.56. The highest BCUT2D eigenvalue weighted by Crippen LogP contribution is 2.30. The highest BCUT2D eigenvalue weighted by Gasteiger charge is 2.16. The number of rotatable bonds is 5. The SMILES string of the molecule is COc1ccc(Br)cc1CNc1ncnc2c(-c3ccc(C)cc3)noc12. The van der Waals surface area contributed by atoms with Crippen LogP contribution in [0, 0.1) is 6.92 Å². The van der Waals surface area contributed by atoms with Crippen LogP contribution in [-0.2, 0) is 6.54 Å². The quantitative estimate of drug-likeness (QED) is 0.487. The number of nitrogens with one attached hydrogen (secondary N) is 1. The molecule has 0 amide bonds. The van der Waals surface area contributed by atoms with Gasteiger partial charge in [0.25, 0.3) is 0 Å². The molecule has 2 heterocycles. The van der Waals surface area contributed by atoms with E-state index >= 15 is 0 Å². The Morgan fingerprint density at radius 2 is 1.93 bits per heavy atom. The number of aryl methyl sites for hydroxylation is 1. The fourth-order valence-corrected chi connectivity index (χ4v) is 3.26. The highest BCUT2D eigenvalue weighted by atomic mass is 79.9. The second-order valence-corrected chi connectivity index (χ2v) is 7.02. The molecular weight excluding hydrogens is 408 g/mol. The number of ether oxygens (including phenoxy) is 1. The lowest BCUT2D eigenvalue weighted by Crippen LogP contribution is -2.04. The van der Waals surface area contributed by atoms with Crippen molar-refractivity contribution in [3.8, 4) is 17.0 Å². The van der Waals surface area contributed by atoms with E-state index in [1.165, 1.54) is 11.9 Å². The first-order valence-electron chi connectivity index (χ1n) is 8.39. The zero-order chi connectivity index (χ0) is 18.8. The van der Waals surface area contributed by atoms with Gasteiger partial charge in [-0.3, -0.25) is 0 Å². The second-order valence-electron chi connectivity index (χ2n) is 6.11. The van der Waals surface area contributed by atoms with E-state index in [0.29, 0.717) is 29.2 Å². The largest absolute Gasteiger partial charge is 0.496 e. The molecule has 0 bridgehead atoms. The van der Waals surface area contributed by atoms with Crippen molar-refractivity contribution in [2.75, 3.05) is 12.4 Å². The molecule has 0 radical (unpaired) electrons. The lowest BCUT2D eigenvalue weighted by molar-refractivity contribution is 0.410. The molecule has 0 aliphatic heterocycles. The molecule has 136 valence electrons. The van der Waals surface area contributed by atoms with E-state index in [0.717, 1.165) is 21.3 Å². The first-order valence-corrected chi connectivity index (χ1v) is 9.18. The summed E-state index contributed by atoms with van der Waals surface area (Å²) in [4.78, 5) is 8.68. The summed E-state index contributed by atoms with van der Waals surface area (Å²) in [5.41, 5.74) is 5.05. The summed E-state index contributed by atoms with van der Waals surface area (Å²) in [7, 11) is 1.65. The zero-order valence-electron chi connectivity index (χ0n) is 14.9. The number of halogens is 1. The molecule has 6 nitrogen and oxygen atoms in total. The summed E-state index contributed by atoms with van der Waals surface area (Å²) < 4.78 is 12.0. The monoisotopic (exact) mass is 424 g/mol. The molecule has 2 aromatic heterocycles. The molecule has 4 aromatic rings. The van der Waals surface area contributed by atoms with Crippen LogP contribution in [0.2, 0.25) is 0 Å². The number of anilines is 1. The molecule has 0 unspecified atom stereocenters. The molecule has 0 fully saturated rings. The Morgan fingerprint density at radius 1 is 1.11 bits per heavy atom. The summed E-state index contributed by atoms with van der Waals surface area (Å²) in [5, 5.41) is 7.50. The predicted octanol–water partition coefficient (Wildman–Crippen LogP) is 4.98. The van der Waals surface area contributed by atoms with E-state index in [9.17, 15) is 0 Å². The fraction of sp³-hybridized carbons (Fsp3) is 0.150. The lowest BCUT2D eigenvalue weighted by atomic mass is 10.1. The van der Waals surface area contributed by atoms with Gasteiger partial charge in [-0.05, 0) is 25.1 Å². The molecule has 27 heavy (non-hydrogen) atoms. The maximum Gasteiger partial charge on any atom is 0.228 e. The standard InChI is InChI=1S/C20H17BrN4O2/c1-12-3-5-13(6-4-12)17-18-19(27-25-17)20(24-11-23-18)22-10-14-9-15(21)7-8-16(14)26-2/h3-9,11H,10H2,1-2H3,(H,22,23,24). The van der Waals surface area contributed by atoms with Crippen LogP contribution < -0.4 is 10.1 Å². The third-order valence-electron chi connectivity index (χ3n) is 4.27. The van der Waals surface area contributed by atoms with E-state index in [1.807, 2.05) is 49.4 Å². The van der Waals surface area contributed by atoms with Crippen LogP contribution in [-0.4, -0.2) is 22.2 Å². The van der Waals surface area contributed by atoms with Crippen LogP contribution in [0.5, 0.6) is 5.75 Å². The van der Waals surface area contributed by atoms with Gasteiger partial charge in [-0.1, -0.05) is 50.9 Å². The molecule has 2 aromatic carbocycles. The van der Waals surface area contributed by atoms with Crippen LogP contribution >= 0.6 is 15.9 Å². The van der Waals surface area contributed by atoms with Crippen molar-refractivity contribution in [3.63, 3.8) is 0 Å². The van der Waals surface area contributed by atoms with Crippen LogP contribution in [0.25, 0.3) is 22.4 Å². The Balaban J connectivity index is 1.66. The van der Waals surface area contributed by atoms with Crippen LogP contribution in [0.4, 0.5) is 5.82 Å². The van der Waals surface area contributed by atoms with Gasteiger partial charge >= 0.3 is 0 Å². The van der Waals surface area contributed by atoms with Crippen LogP contribution in [0.1, 0.15) is 11.1 Å². The Hall–Kier alpha value is -2.93. The minimum atomic E-state index is 0.523. The molecule has 0 saturated heterocycles. The average Bonchev–Trinajstić information content (AvgIpc) is 3.12. The number of benzene rings is 2. The van der Waals surface area contributed by atoms with Crippen molar-refractivity contribution in [1.82, 2.24) is 15.1 Å². The topological polar surface area (TPSA) is 73.1 Å². The third-order valence-corrected chi connectivity index (χ3v) is 4.76. The predicted molar refractivity (Wildman–Crippen MR) is 108 cm³/mol. The van der Waals surface area contributed by atoms with Gasteiger partial charge in [-0.25, -0.2) is 9.97 Å². The van der Waals surface area contributed by atoms with Crippen LogP contribution in [0.15, 0.2) is 57.8 Å². The van der Waals surface area contributed by atoms with Crippen molar-refractivity contribution < 1.29 is 9.26 Å². The number of methoxy groups -OCH3 is 1. The van der Waals surface area contributed by atoms with E-state index in [4.69, 9.17) is 9.26 Å². The van der Waals surface area contributed by atoms with Crippen molar-refractivity contribution in [1.29, 1.82) is 0 Å². The van der Waals surface area contributed by atoms with Gasteiger partial charge in [0.15, 0.2) is 5.82 Å². The van der Waals surface area contributed by atoms with Crippen LogP contribution in [0.3, 0.4) is 0 Å². The number of aromatic nitrogens is 3. The molecule has 0 saturated carbocycles. The van der Waals surface area contributed by atoms with Gasteiger partial charge < -0.3 is 14.6 Å². The summed E-state index contributed by atoms with van der Waals surface area (Å²) in [6, 6.07) is 14.0. The van der Waals surface area contributed by atoms with Gasteiger partial charge in [-0.15, -0.1) is 0 Å². The molecule has 0 aliphatic rings. The summed E-state index contributed by atoms with van der Waals surface area (Å²) in [6.07, 6.45) is 1.51. The first kappa shape index (κ1) is 17.5. The molecule has 4 rings (SSSR count). The third kappa shape index (κ3) is 3.50. The minimum absolute atomic E-state index is 0.523. The average molecular weight is 425 g/mol. The maximum atomic E-state index is 5.56. The molecule has 7 heteroatoms. The van der Waals surface area contributed by atoms with Gasteiger partial charge in [-0.2, -0.15) is 0 Å². The van der Waals surface area contributed by atoms with Crippen molar-refractivity contribution in [2.45, 2.75) is 13.5 Å². The van der Waals surface area contributed by atoms with Gasteiger partial charge in [0.2, 0.25) is 5.58 Å². The summed E-state index contributed by atoms with van der Waals surface area (Å²) in [6.45, 7) is 2.57. The van der Waals surface area contributed by atoms with Crippen molar-refractivity contribution in [2.24, 2.45) is 0 Å². The van der Waals surface area contributed by atoms with E-state index < -0.39 is 0 Å². The van der Waals surface area contributed by atoms with Gasteiger partial charge in [0, 0.05) is 22.1 Å². The molecule has 1 N–H and O–H groups in total. The number of nitrogens with zero attached hydrogens (tertiary/aromatic N) is 3. The fourth-order valence-electron chi connectivity index (χ4n) is 2.85. The van der Waals surface area contributed by atoms with E-state index in [1.54, 1.807) is 7.11 Å². The normalized spacial score (nSPS) is 10.9. The number of hydrogen-bond donors (Lipinski definition) is 1. The number of hydrogen-bond acceptors (Lipinski definition) is 6. The first-order chi connectivity index (χ1) is 13.2. The highest BCUT2D eigenvalue weighted by molar-refractivity contribution is 9.10. The van der Waals surface area contributed by atoms with Gasteiger partial charge in [0.1, 0.15) is 23.3 Å². The molecular formula is C20H17BrN4O2. The summed E-state index contributed by atoms with van der Waals surface area (Å²) >= 11 is 3.49. The zero-order valence-corrected chi connectivity index (χ0v) is 16.4. The Kier molecular flexibility index (Phi) is 4.77. The van der Waals surface area contributed by atoms with Crippen molar-refractivity contribution >= 4 is 32.8 Å². The Labute approximate surface area is 164 Å². The smallest absolute Gasteiger partial charge is 0.228 e. The van der Waals surface area contributed by atoms with E-state index in [-0.39, 0.29) is 0 Å². The Bertz CT molecular complexity index is 1090. The minimum Gasteiger partial charge on any atom is -0.496 e. The summed E-state index contributed by atoms with van der Waals surface area (Å²) in [5.74, 6) is 1.39. The van der Waals surface area contributed by atoms with Crippen molar-refractivity contribution in [3.05, 3.63) is 64.4 Å². The van der Waals surface area contributed by atoms with Gasteiger partial charge in [0.05, 0.1) is 7.11 Å².